The van der Waals surface area contributed by atoms with Crippen LogP contribution in [0.15, 0.2) is 182 Å². The zero-order valence-electron chi connectivity index (χ0n) is 25.3. The van der Waals surface area contributed by atoms with Crippen LogP contribution < -0.4 is 0 Å². The molecule has 0 fully saturated rings. The van der Waals surface area contributed by atoms with E-state index in [1.165, 1.54) is 87.6 Å². The first kappa shape index (κ1) is 26.4. The lowest BCUT2D eigenvalue weighted by Gasteiger charge is -2.20. The molecule has 9 aromatic carbocycles. The third-order valence-electron chi connectivity index (χ3n) is 9.43. The van der Waals surface area contributed by atoms with E-state index < -0.39 is 0 Å². The molecular formula is C46H30. The van der Waals surface area contributed by atoms with Crippen LogP contribution in [0.2, 0.25) is 0 Å². The largest absolute Gasteiger partial charge is 0.0622 e. The Morgan fingerprint density at radius 3 is 1.26 bits per heavy atom. The molecule has 9 rings (SSSR count). The van der Waals surface area contributed by atoms with Crippen LogP contribution in [0, 0.1) is 0 Å². The SMILES string of the molecule is c1ccc(-c2cc(-c3ccc4ccccc4c3)ccc2-c2c3ccccc3c(-c3ccc4ccccc4c3)c3ccccc23)cc1. The monoisotopic (exact) mass is 582 g/mol. The minimum atomic E-state index is 1.21. The summed E-state index contributed by atoms with van der Waals surface area (Å²) in [4.78, 5) is 0. The van der Waals surface area contributed by atoms with E-state index in [0.717, 1.165) is 0 Å². The Morgan fingerprint density at radius 2 is 0.652 bits per heavy atom. The summed E-state index contributed by atoms with van der Waals surface area (Å²) in [7, 11) is 0. The molecule has 9 aromatic rings. The molecular weight excluding hydrogens is 553 g/mol. The molecule has 0 unspecified atom stereocenters. The summed E-state index contributed by atoms with van der Waals surface area (Å²) in [6, 6.07) is 66.6. The third kappa shape index (κ3) is 4.38. The first-order valence-electron chi connectivity index (χ1n) is 15.9. The van der Waals surface area contributed by atoms with Crippen molar-refractivity contribution in [2.45, 2.75) is 0 Å². The zero-order chi connectivity index (χ0) is 30.5. The van der Waals surface area contributed by atoms with Gasteiger partial charge in [0.2, 0.25) is 0 Å². The Hall–Kier alpha value is -5.98. The van der Waals surface area contributed by atoms with E-state index in [-0.39, 0.29) is 0 Å². The topological polar surface area (TPSA) is 0 Å². The number of hydrogen-bond donors (Lipinski definition) is 0. The molecule has 0 atom stereocenters. The number of benzene rings is 9. The molecule has 0 aliphatic rings. The van der Waals surface area contributed by atoms with Crippen molar-refractivity contribution in [2.75, 3.05) is 0 Å². The molecule has 0 N–H and O–H groups in total. The highest BCUT2D eigenvalue weighted by Crippen LogP contribution is 2.47. The van der Waals surface area contributed by atoms with Gasteiger partial charge in [0.1, 0.15) is 0 Å². The highest BCUT2D eigenvalue weighted by atomic mass is 14.2. The number of rotatable bonds is 4. The Bertz CT molecular complexity index is 2520. The van der Waals surface area contributed by atoms with E-state index >= 15 is 0 Å². The summed E-state index contributed by atoms with van der Waals surface area (Å²) in [5.74, 6) is 0. The van der Waals surface area contributed by atoms with Crippen LogP contribution >= 0.6 is 0 Å². The number of hydrogen-bond acceptors (Lipinski definition) is 0. The lowest BCUT2D eigenvalue weighted by molar-refractivity contribution is 1.59. The maximum absolute atomic E-state index is 2.38. The Labute approximate surface area is 268 Å². The van der Waals surface area contributed by atoms with Crippen molar-refractivity contribution in [3.8, 4) is 44.5 Å². The highest BCUT2D eigenvalue weighted by Gasteiger charge is 2.19. The van der Waals surface area contributed by atoms with E-state index in [1.54, 1.807) is 0 Å². The van der Waals surface area contributed by atoms with E-state index in [1.807, 2.05) is 0 Å². The lowest BCUT2D eigenvalue weighted by atomic mass is 9.83. The predicted octanol–water partition coefficient (Wildman–Crippen LogP) is 13.0. The summed E-state index contributed by atoms with van der Waals surface area (Å²) in [6.07, 6.45) is 0. The normalized spacial score (nSPS) is 11.5. The maximum atomic E-state index is 2.38. The fourth-order valence-electron chi connectivity index (χ4n) is 7.24. The van der Waals surface area contributed by atoms with Gasteiger partial charge in [-0.05, 0) is 106 Å². The molecule has 0 aliphatic heterocycles. The van der Waals surface area contributed by atoms with Gasteiger partial charge in [0.05, 0.1) is 0 Å². The van der Waals surface area contributed by atoms with E-state index in [4.69, 9.17) is 0 Å². The number of fused-ring (bicyclic) bond motifs is 4. The van der Waals surface area contributed by atoms with Gasteiger partial charge in [0.15, 0.2) is 0 Å². The minimum absolute atomic E-state index is 1.21. The van der Waals surface area contributed by atoms with Crippen molar-refractivity contribution in [3.63, 3.8) is 0 Å². The van der Waals surface area contributed by atoms with Crippen molar-refractivity contribution in [1.82, 2.24) is 0 Å². The average Bonchev–Trinajstić information content (AvgIpc) is 3.13. The van der Waals surface area contributed by atoms with Gasteiger partial charge >= 0.3 is 0 Å². The van der Waals surface area contributed by atoms with Gasteiger partial charge in [-0.2, -0.15) is 0 Å². The van der Waals surface area contributed by atoms with Gasteiger partial charge in [-0.15, -0.1) is 0 Å². The standard InChI is InChI=1S/C46H30/c1-2-14-33(15-3-1)44-30-37(36-24-22-31-12-4-6-16-34(31)28-36)26-27-43(44)46-41-20-10-8-18-39(41)45(40-19-9-11-21-42(40)46)38-25-23-32-13-5-7-17-35(32)29-38/h1-30H. The molecule has 0 nitrogen and oxygen atoms in total. The fourth-order valence-corrected chi connectivity index (χ4v) is 7.24. The lowest BCUT2D eigenvalue weighted by Crippen LogP contribution is -1.93. The summed E-state index contributed by atoms with van der Waals surface area (Å²) in [5.41, 5.74) is 9.95. The maximum Gasteiger partial charge on any atom is -0.00201 e. The molecule has 46 heavy (non-hydrogen) atoms. The quantitative estimate of drug-likeness (QED) is 0.181. The van der Waals surface area contributed by atoms with Gasteiger partial charge in [-0.3, -0.25) is 0 Å². The summed E-state index contributed by atoms with van der Waals surface area (Å²) in [5, 5.41) is 10.1. The van der Waals surface area contributed by atoms with Gasteiger partial charge in [0, 0.05) is 0 Å². The second kappa shape index (κ2) is 10.9. The fraction of sp³-hybridized carbons (Fsp3) is 0. The van der Waals surface area contributed by atoms with Crippen molar-refractivity contribution in [1.29, 1.82) is 0 Å². The summed E-state index contributed by atoms with van der Waals surface area (Å²) < 4.78 is 0. The van der Waals surface area contributed by atoms with Crippen LogP contribution in [0.25, 0.3) is 87.6 Å². The van der Waals surface area contributed by atoms with Crippen LogP contribution in [0.5, 0.6) is 0 Å². The predicted molar refractivity (Wildman–Crippen MR) is 198 cm³/mol. The second-order valence-electron chi connectivity index (χ2n) is 12.1. The highest BCUT2D eigenvalue weighted by molar-refractivity contribution is 6.22. The third-order valence-corrected chi connectivity index (χ3v) is 9.43. The molecule has 0 bridgehead atoms. The summed E-state index contributed by atoms with van der Waals surface area (Å²) in [6.45, 7) is 0. The average molecular weight is 583 g/mol. The Balaban J connectivity index is 1.34. The first-order chi connectivity index (χ1) is 22.8. The molecule has 0 heterocycles. The van der Waals surface area contributed by atoms with Crippen LogP contribution in [0.1, 0.15) is 0 Å². The Kier molecular flexibility index (Phi) is 6.25. The minimum Gasteiger partial charge on any atom is -0.0622 e. The van der Waals surface area contributed by atoms with Crippen LogP contribution in [-0.4, -0.2) is 0 Å². The van der Waals surface area contributed by atoms with Gasteiger partial charge < -0.3 is 0 Å². The summed E-state index contributed by atoms with van der Waals surface area (Å²) >= 11 is 0. The van der Waals surface area contributed by atoms with Crippen LogP contribution in [-0.2, 0) is 0 Å². The van der Waals surface area contributed by atoms with Crippen LogP contribution in [0.4, 0.5) is 0 Å². The molecule has 0 aliphatic carbocycles. The molecule has 0 radical (unpaired) electrons. The molecule has 0 heteroatoms. The Morgan fingerprint density at radius 1 is 0.217 bits per heavy atom. The first-order valence-corrected chi connectivity index (χ1v) is 15.9. The molecule has 0 saturated carbocycles. The molecule has 0 spiro atoms. The molecule has 0 amide bonds. The van der Waals surface area contributed by atoms with Crippen molar-refractivity contribution in [2.24, 2.45) is 0 Å². The van der Waals surface area contributed by atoms with Gasteiger partial charge in [-0.1, -0.05) is 164 Å². The van der Waals surface area contributed by atoms with Gasteiger partial charge in [0.25, 0.3) is 0 Å². The van der Waals surface area contributed by atoms with Crippen molar-refractivity contribution >= 4 is 43.1 Å². The zero-order valence-corrected chi connectivity index (χ0v) is 25.3. The molecule has 0 aromatic heterocycles. The molecule has 0 saturated heterocycles. The van der Waals surface area contributed by atoms with Crippen molar-refractivity contribution in [3.05, 3.63) is 182 Å². The van der Waals surface area contributed by atoms with Crippen molar-refractivity contribution < 1.29 is 0 Å². The van der Waals surface area contributed by atoms with Gasteiger partial charge in [-0.25, -0.2) is 0 Å². The second-order valence-corrected chi connectivity index (χ2v) is 12.1. The van der Waals surface area contributed by atoms with Crippen LogP contribution in [0.3, 0.4) is 0 Å². The van der Waals surface area contributed by atoms with E-state index in [0.29, 0.717) is 0 Å². The molecule has 214 valence electrons. The van der Waals surface area contributed by atoms with E-state index in [9.17, 15) is 0 Å². The van der Waals surface area contributed by atoms with E-state index in [2.05, 4.69) is 182 Å². The smallest absolute Gasteiger partial charge is 0.00201 e.